The van der Waals surface area contributed by atoms with Crippen LogP contribution in [-0.2, 0) is 13.2 Å². The van der Waals surface area contributed by atoms with E-state index >= 15 is 0 Å². The number of nitrogens with one attached hydrogen (secondary N) is 2. The highest BCUT2D eigenvalue weighted by atomic mass is 35.5. The van der Waals surface area contributed by atoms with Crippen LogP contribution in [0.4, 0.5) is 0 Å². The van der Waals surface area contributed by atoms with Gasteiger partial charge in [-0.15, -0.1) is 24.8 Å². The van der Waals surface area contributed by atoms with Gasteiger partial charge >= 0.3 is 0 Å². The largest absolute Gasteiger partial charge is 0.489 e. The SMILES string of the molecule is CNCCCNCc1cccc(OCc2ccc(Cl)cc2)c1.Cl.Cl. The Labute approximate surface area is 162 Å². The molecular weight excluding hydrogens is 367 g/mol. The highest BCUT2D eigenvalue weighted by Gasteiger charge is 1.99. The number of ether oxygens (including phenoxy) is 1. The summed E-state index contributed by atoms with van der Waals surface area (Å²) in [6.45, 7) is 3.46. The maximum Gasteiger partial charge on any atom is 0.120 e. The van der Waals surface area contributed by atoms with E-state index in [2.05, 4.69) is 22.8 Å². The van der Waals surface area contributed by atoms with Gasteiger partial charge in [-0.1, -0.05) is 35.9 Å². The van der Waals surface area contributed by atoms with Crippen LogP contribution in [0.5, 0.6) is 5.75 Å². The number of benzene rings is 2. The second kappa shape index (κ2) is 13.3. The minimum atomic E-state index is 0. The summed E-state index contributed by atoms with van der Waals surface area (Å²) in [5.41, 5.74) is 2.35. The first-order valence-corrected chi connectivity index (χ1v) is 7.97. The van der Waals surface area contributed by atoms with Crippen LogP contribution in [0.15, 0.2) is 48.5 Å². The van der Waals surface area contributed by atoms with Crippen molar-refractivity contribution in [2.75, 3.05) is 20.1 Å². The van der Waals surface area contributed by atoms with Gasteiger partial charge in [0, 0.05) is 11.6 Å². The summed E-state index contributed by atoms with van der Waals surface area (Å²) in [4.78, 5) is 0. The Balaban J connectivity index is 0.00000264. The van der Waals surface area contributed by atoms with Gasteiger partial charge in [0.1, 0.15) is 12.4 Å². The predicted molar refractivity (Wildman–Crippen MR) is 107 cm³/mol. The van der Waals surface area contributed by atoms with Gasteiger partial charge in [0.15, 0.2) is 0 Å². The third-order valence-electron chi connectivity index (χ3n) is 3.33. The number of hydrogen-bond acceptors (Lipinski definition) is 3. The summed E-state index contributed by atoms with van der Waals surface area (Å²) >= 11 is 5.88. The molecule has 0 unspecified atom stereocenters. The standard InChI is InChI=1S/C18H23ClN2O.2ClH/c1-20-10-3-11-21-13-16-4-2-5-18(12-16)22-14-15-6-8-17(19)9-7-15;;/h2,4-9,12,20-21H,3,10-11,13-14H2,1H3;2*1H. The van der Waals surface area contributed by atoms with E-state index in [0.29, 0.717) is 6.61 Å². The smallest absolute Gasteiger partial charge is 0.120 e. The van der Waals surface area contributed by atoms with Crippen molar-refractivity contribution in [3.05, 3.63) is 64.7 Å². The lowest BCUT2D eigenvalue weighted by atomic mass is 10.2. The molecule has 0 amide bonds. The van der Waals surface area contributed by atoms with E-state index < -0.39 is 0 Å². The van der Waals surface area contributed by atoms with Crippen LogP contribution in [-0.4, -0.2) is 20.1 Å². The van der Waals surface area contributed by atoms with Crippen LogP contribution in [0.25, 0.3) is 0 Å². The Bertz CT molecular complexity index is 564. The lowest BCUT2D eigenvalue weighted by molar-refractivity contribution is 0.306. The van der Waals surface area contributed by atoms with Crippen molar-refractivity contribution in [2.45, 2.75) is 19.6 Å². The Kier molecular flexibility index (Phi) is 12.8. The van der Waals surface area contributed by atoms with Crippen molar-refractivity contribution in [3.8, 4) is 5.75 Å². The molecule has 2 rings (SSSR count). The fraction of sp³-hybridized carbons (Fsp3) is 0.333. The molecule has 2 aromatic rings. The topological polar surface area (TPSA) is 33.3 Å². The van der Waals surface area contributed by atoms with Crippen LogP contribution < -0.4 is 15.4 Å². The van der Waals surface area contributed by atoms with E-state index in [1.807, 2.05) is 43.4 Å². The average molecular weight is 392 g/mol. The fourth-order valence-corrected chi connectivity index (χ4v) is 2.24. The predicted octanol–water partition coefficient (Wildman–Crippen LogP) is 4.46. The van der Waals surface area contributed by atoms with Crippen molar-refractivity contribution in [1.29, 1.82) is 0 Å². The Hall–Kier alpha value is -0.970. The van der Waals surface area contributed by atoms with Gasteiger partial charge in [-0.25, -0.2) is 0 Å². The molecule has 24 heavy (non-hydrogen) atoms. The molecule has 0 aliphatic carbocycles. The fourth-order valence-electron chi connectivity index (χ4n) is 2.12. The molecule has 0 saturated carbocycles. The minimum absolute atomic E-state index is 0. The van der Waals surface area contributed by atoms with Gasteiger partial charge in [-0.3, -0.25) is 0 Å². The van der Waals surface area contributed by atoms with Crippen LogP contribution in [0.2, 0.25) is 5.02 Å². The van der Waals surface area contributed by atoms with E-state index in [9.17, 15) is 0 Å². The Morgan fingerprint density at radius 2 is 1.71 bits per heavy atom. The first-order valence-electron chi connectivity index (χ1n) is 7.59. The molecule has 3 nitrogen and oxygen atoms in total. The molecule has 134 valence electrons. The molecule has 0 saturated heterocycles. The summed E-state index contributed by atoms with van der Waals surface area (Å²) in [5, 5.41) is 7.32. The normalized spacial score (nSPS) is 9.75. The quantitative estimate of drug-likeness (QED) is 0.619. The van der Waals surface area contributed by atoms with E-state index in [1.54, 1.807) is 0 Å². The van der Waals surface area contributed by atoms with Gasteiger partial charge < -0.3 is 15.4 Å². The molecule has 0 aliphatic heterocycles. The van der Waals surface area contributed by atoms with Crippen molar-refractivity contribution >= 4 is 36.4 Å². The zero-order valence-corrected chi connectivity index (χ0v) is 16.1. The first-order chi connectivity index (χ1) is 10.8. The molecule has 6 heteroatoms. The first kappa shape index (κ1) is 23.0. The number of hydrogen-bond donors (Lipinski definition) is 2. The van der Waals surface area contributed by atoms with Gasteiger partial charge in [0.25, 0.3) is 0 Å². The third kappa shape index (κ3) is 8.76. The molecule has 0 radical (unpaired) electrons. The van der Waals surface area contributed by atoms with Crippen LogP contribution in [0.1, 0.15) is 17.5 Å². The molecule has 0 fully saturated rings. The average Bonchev–Trinajstić information content (AvgIpc) is 2.55. The zero-order chi connectivity index (χ0) is 15.6. The molecular formula is C18H25Cl3N2O. The van der Waals surface area contributed by atoms with Gasteiger partial charge in [0.05, 0.1) is 0 Å². The summed E-state index contributed by atoms with van der Waals surface area (Å²) in [5.74, 6) is 0.893. The second-order valence-corrected chi connectivity index (χ2v) is 5.63. The van der Waals surface area contributed by atoms with Gasteiger partial charge in [0.2, 0.25) is 0 Å². The molecule has 0 atom stereocenters. The molecule has 0 heterocycles. The van der Waals surface area contributed by atoms with E-state index in [1.165, 1.54) is 5.56 Å². The van der Waals surface area contributed by atoms with Crippen LogP contribution in [0.3, 0.4) is 0 Å². The zero-order valence-electron chi connectivity index (χ0n) is 13.8. The third-order valence-corrected chi connectivity index (χ3v) is 3.58. The van der Waals surface area contributed by atoms with Crippen molar-refractivity contribution < 1.29 is 4.74 Å². The highest BCUT2D eigenvalue weighted by Crippen LogP contribution is 2.16. The maximum absolute atomic E-state index is 5.88. The van der Waals surface area contributed by atoms with Crippen LogP contribution >= 0.6 is 36.4 Å². The molecule has 0 aliphatic rings. The summed E-state index contributed by atoms with van der Waals surface area (Å²) < 4.78 is 5.84. The van der Waals surface area contributed by atoms with E-state index in [4.69, 9.17) is 16.3 Å². The summed E-state index contributed by atoms with van der Waals surface area (Å²) in [7, 11) is 1.97. The minimum Gasteiger partial charge on any atom is -0.489 e. The Morgan fingerprint density at radius 1 is 0.958 bits per heavy atom. The van der Waals surface area contributed by atoms with Crippen molar-refractivity contribution in [2.24, 2.45) is 0 Å². The monoisotopic (exact) mass is 390 g/mol. The summed E-state index contributed by atoms with van der Waals surface area (Å²) in [6, 6.07) is 15.9. The van der Waals surface area contributed by atoms with Gasteiger partial charge in [-0.2, -0.15) is 0 Å². The number of rotatable bonds is 9. The second-order valence-electron chi connectivity index (χ2n) is 5.20. The van der Waals surface area contributed by atoms with E-state index in [-0.39, 0.29) is 24.8 Å². The van der Waals surface area contributed by atoms with Crippen molar-refractivity contribution in [3.63, 3.8) is 0 Å². The lowest BCUT2D eigenvalue weighted by Crippen LogP contribution is -2.19. The molecule has 0 aromatic heterocycles. The maximum atomic E-state index is 5.88. The van der Waals surface area contributed by atoms with Crippen molar-refractivity contribution in [1.82, 2.24) is 10.6 Å². The molecule has 0 bridgehead atoms. The summed E-state index contributed by atoms with van der Waals surface area (Å²) in [6.07, 6.45) is 1.13. The molecule has 0 spiro atoms. The Morgan fingerprint density at radius 3 is 2.42 bits per heavy atom. The number of halogens is 3. The molecule has 2 N–H and O–H groups in total. The van der Waals surface area contributed by atoms with Gasteiger partial charge in [-0.05, 0) is 62.0 Å². The van der Waals surface area contributed by atoms with E-state index in [0.717, 1.165) is 42.4 Å². The molecule has 2 aromatic carbocycles. The van der Waals surface area contributed by atoms with Crippen LogP contribution in [0, 0.1) is 0 Å². The lowest BCUT2D eigenvalue weighted by Gasteiger charge is -2.09. The highest BCUT2D eigenvalue weighted by molar-refractivity contribution is 6.30.